The van der Waals surface area contributed by atoms with Gasteiger partial charge in [0.2, 0.25) is 0 Å². The lowest BCUT2D eigenvalue weighted by atomic mass is 9.99. The van der Waals surface area contributed by atoms with Gasteiger partial charge in [0.05, 0.1) is 17.9 Å². The molecule has 3 heterocycles. The summed E-state index contributed by atoms with van der Waals surface area (Å²) < 4.78 is 5.59. The number of carbonyl (C=O) groups is 2. The number of Topliss-reactive ketones (excluding diaryl/α,β-unsaturated/α-hetero) is 1. The Kier molecular flexibility index (Phi) is 5.57. The molecule has 2 aromatic heterocycles. The number of thiophene rings is 1. The Bertz CT molecular complexity index is 1060. The summed E-state index contributed by atoms with van der Waals surface area (Å²) in [5.41, 5.74) is 0.527. The van der Waals surface area contributed by atoms with Gasteiger partial charge in [-0.3, -0.25) is 9.59 Å². The van der Waals surface area contributed by atoms with Gasteiger partial charge in [-0.1, -0.05) is 36.4 Å². The monoisotopic (exact) mass is 422 g/mol. The second-order valence-corrected chi connectivity index (χ2v) is 8.31. The molecule has 30 heavy (non-hydrogen) atoms. The Morgan fingerprint density at radius 2 is 1.90 bits per heavy atom. The Morgan fingerprint density at radius 1 is 1.13 bits per heavy atom. The van der Waals surface area contributed by atoms with Crippen molar-refractivity contribution in [2.24, 2.45) is 0 Å². The Morgan fingerprint density at radius 3 is 2.50 bits per heavy atom. The average Bonchev–Trinajstić information content (AvgIpc) is 3.50. The van der Waals surface area contributed by atoms with E-state index in [0.29, 0.717) is 11.3 Å². The van der Waals surface area contributed by atoms with Gasteiger partial charge < -0.3 is 19.3 Å². The van der Waals surface area contributed by atoms with Crippen LogP contribution < -0.4 is 0 Å². The van der Waals surface area contributed by atoms with Crippen LogP contribution in [0.2, 0.25) is 0 Å². The van der Waals surface area contributed by atoms with Gasteiger partial charge in [0.1, 0.15) is 17.6 Å². The second kappa shape index (κ2) is 8.30. The number of ketones is 1. The third-order valence-corrected chi connectivity index (χ3v) is 6.24. The minimum atomic E-state index is -0.789. The molecule has 0 spiro atoms. The van der Waals surface area contributed by atoms with Crippen molar-refractivity contribution in [3.05, 3.63) is 88.0 Å². The highest BCUT2D eigenvalue weighted by atomic mass is 32.1. The van der Waals surface area contributed by atoms with Gasteiger partial charge in [0.15, 0.2) is 0 Å². The number of likely N-dealkylation sites (N-methyl/N-ethyl adjacent to an activating group) is 1. The lowest BCUT2D eigenvalue weighted by Crippen LogP contribution is -2.37. The predicted molar refractivity (Wildman–Crippen MR) is 115 cm³/mol. The van der Waals surface area contributed by atoms with E-state index in [1.165, 1.54) is 11.2 Å². The zero-order chi connectivity index (χ0) is 21.3. The molecule has 7 heteroatoms. The zero-order valence-corrected chi connectivity index (χ0v) is 17.5. The molecule has 0 unspecified atom stereocenters. The molecule has 1 N–H and O–H groups in total. The normalized spacial score (nSPS) is 19.6. The summed E-state index contributed by atoms with van der Waals surface area (Å²) in [7, 11) is 3.87. The van der Waals surface area contributed by atoms with Crippen LogP contribution in [0.1, 0.15) is 28.3 Å². The molecule has 2 atom stereocenters. The van der Waals surface area contributed by atoms with E-state index < -0.39 is 17.7 Å². The third kappa shape index (κ3) is 3.58. The number of aliphatic hydroxyl groups is 1. The fourth-order valence-electron chi connectivity index (χ4n) is 3.74. The number of hydrogen-bond acceptors (Lipinski definition) is 6. The molecule has 0 aliphatic carbocycles. The van der Waals surface area contributed by atoms with Crippen LogP contribution in [-0.4, -0.2) is 47.2 Å². The summed E-state index contributed by atoms with van der Waals surface area (Å²) in [6.07, 6.45) is 1.50. The number of furan rings is 1. The number of benzene rings is 1. The highest BCUT2D eigenvalue weighted by molar-refractivity contribution is 7.10. The van der Waals surface area contributed by atoms with Crippen LogP contribution in [0.15, 0.2) is 76.2 Å². The molecule has 0 saturated carbocycles. The summed E-state index contributed by atoms with van der Waals surface area (Å²) in [5, 5.41) is 12.9. The first-order valence-electron chi connectivity index (χ1n) is 9.56. The van der Waals surface area contributed by atoms with Crippen molar-refractivity contribution >= 4 is 28.8 Å². The molecule has 0 bridgehead atoms. The van der Waals surface area contributed by atoms with E-state index in [4.69, 9.17) is 4.42 Å². The molecule has 1 aliphatic rings. The Balaban J connectivity index is 1.80. The largest absolute Gasteiger partial charge is 0.507 e. The van der Waals surface area contributed by atoms with E-state index >= 15 is 0 Å². The number of nitrogens with zero attached hydrogens (tertiary/aromatic N) is 2. The molecule has 0 radical (unpaired) electrons. The van der Waals surface area contributed by atoms with Gasteiger partial charge in [-0.25, -0.2) is 0 Å². The Hall–Kier alpha value is -3.16. The van der Waals surface area contributed by atoms with E-state index in [9.17, 15) is 14.7 Å². The van der Waals surface area contributed by atoms with E-state index in [0.717, 1.165) is 4.88 Å². The molecule has 1 saturated heterocycles. The summed E-state index contributed by atoms with van der Waals surface area (Å²) in [5.74, 6) is -1.11. The first-order valence-corrected chi connectivity index (χ1v) is 10.4. The average molecular weight is 423 g/mol. The van der Waals surface area contributed by atoms with Crippen molar-refractivity contribution in [3.8, 4) is 0 Å². The van der Waals surface area contributed by atoms with Crippen LogP contribution in [0, 0.1) is 0 Å². The molecule has 1 fully saturated rings. The summed E-state index contributed by atoms with van der Waals surface area (Å²) in [6, 6.07) is 15.3. The maximum atomic E-state index is 13.1. The van der Waals surface area contributed by atoms with Crippen molar-refractivity contribution < 1.29 is 19.1 Å². The first kappa shape index (κ1) is 20.1. The second-order valence-electron chi connectivity index (χ2n) is 7.33. The number of aliphatic hydroxyl groups excluding tert-OH is 1. The van der Waals surface area contributed by atoms with E-state index in [1.54, 1.807) is 47.7 Å². The van der Waals surface area contributed by atoms with Crippen molar-refractivity contribution in [2.75, 3.05) is 20.6 Å². The number of rotatable bonds is 6. The lowest BCUT2D eigenvalue weighted by Gasteiger charge is -2.31. The van der Waals surface area contributed by atoms with Crippen molar-refractivity contribution in [2.45, 2.75) is 12.1 Å². The Labute approximate surface area is 178 Å². The summed E-state index contributed by atoms with van der Waals surface area (Å²) in [4.78, 5) is 30.7. The third-order valence-electron chi connectivity index (χ3n) is 5.26. The van der Waals surface area contributed by atoms with Crippen molar-refractivity contribution in [1.29, 1.82) is 0 Å². The minimum Gasteiger partial charge on any atom is -0.507 e. The number of carbonyl (C=O) groups excluding carboxylic acids is 2. The van der Waals surface area contributed by atoms with Crippen molar-refractivity contribution in [3.63, 3.8) is 0 Å². The molecule has 154 valence electrons. The minimum absolute atomic E-state index is 0.0461. The van der Waals surface area contributed by atoms with E-state index in [-0.39, 0.29) is 23.9 Å². The maximum absolute atomic E-state index is 13.1. The van der Waals surface area contributed by atoms with Crippen LogP contribution in [0.4, 0.5) is 0 Å². The zero-order valence-electron chi connectivity index (χ0n) is 16.7. The molecular formula is C23H22N2O4S. The number of amides is 1. The molecule has 3 aromatic rings. The molecular weight excluding hydrogens is 400 g/mol. The highest BCUT2D eigenvalue weighted by Crippen LogP contribution is 2.41. The van der Waals surface area contributed by atoms with Gasteiger partial charge in [-0.05, 0) is 37.7 Å². The number of likely N-dealkylation sites (tertiary alicyclic amines) is 1. The molecule has 4 rings (SSSR count). The maximum Gasteiger partial charge on any atom is 0.295 e. The van der Waals surface area contributed by atoms with Gasteiger partial charge in [0.25, 0.3) is 11.7 Å². The molecule has 1 aliphatic heterocycles. The molecule has 1 amide bonds. The highest BCUT2D eigenvalue weighted by Gasteiger charge is 2.48. The standard InChI is InChI=1S/C23H22N2O4S/c1-24(2)16(18-11-7-13-30-18)14-25-20(17-10-6-12-29-17)19(22(27)23(25)28)21(26)15-8-4-3-5-9-15/h3-13,16,20,26H,14H2,1-2H3/t16-,20-/m1/s1. The van der Waals surface area contributed by atoms with E-state index in [2.05, 4.69) is 0 Å². The van der Waals surface area contributed by atoms with E-state index in [1.807, 2.05) is 42.6 Å². The van der Waals surface area contributed by atoms with Gasteiger partial charge in [-0.2, -0.15) is 0 Å². The van der Waals surface area contributed by atoms with Crippen LogP contribution in [0.25, 0.3) is 5.76 Å². The molecule has 6 nitrogen and oxygen atoms in total. The quantitative estimate of drug-likeness (QED) is 0.368. The smallest absolute Gasteiger partial charge is 0.295 e. The predicted octanol–water partition coefficient (Wildman–Crippen LogP) is 4.07. The van der Waals surface area contributed by atoms with Crippen LogP contribution in [0.5, 0.6) is 0 Å². The van der Waals surface area contributed by atoms with Gasteiger partial charge >= 0.3 is 0 Å². The number of hydrogen-bond donors (Lipinski definition) is 1. The lowest BCUT2D eigenvalue weighted by molar-refractivity contribution is -0.140. The summed E-state index contributed by atoms with van der Waals surface area (Å²) >= 11 is 1.60. The topological polar surface area (TPSA) is 74.0 Å². The van der Waals surface area contributed by atoms with Crippen LogP contribution >= 0.6 is 11.3 Å². The summed E-state index contributed by atoms with van der Waals surface area (Å²) in [6.45, 7) is 0.287. The SMILES string of the molecule is CN(C)[C@H](CN1C(=O)C(=O)C(=C(O)c2ccccc2)[C@H]1c1ccco1)c1cccs1. The van der Waals surface area contributed by atoms with Crippen molar-refractivity contribution in [1.82, 2.24) is 9.80 Å². The fraction of sp³-hybridized carbons (Fsp3) is 0.217. The first-order chi connectivity index (χ1) is 14.5. The van der Waals surface area contributed by atoms with Gasteiger partial charge in [-0.15, -0.1) is 11.3 Å². The fourth-order valence-corrected chi connectivity index (χ4v) is 4.65. The van der Waals surface area contributed by atoms with Crippen LogP contribution in [-0.2, 0) is 9.59 Å². The molecule has 1 aromatic carbocycles. The van der Waals surface area contributed by atoms with Gasteiger partial charge in [0, 0.05) is 17.0 Å². The van der Waals surface area contributed by atoms with Crippen LogP contribution in [0.3, 0.4) is 0 Å².